The lowest BCUT2D eigenvalue weighted by Gasteiger charge is -2.21. The molecule has 1 amide bonds. The molecule has 1 N–H and O–H groups in total. The van der Waals surface area contributed by atoms with Crippen LogP contribution in [-0.2, 0) is 20.8 Å². The van der Waals surface area contributed by atoms with Gasteiger partial charge in [-0.05, 0) is 48.2 Å². The topological polar surface area (TPSA) is 92.3 Å². The number of carbonyl (C=O) groups excluding carboxylic acids is 2. The second-order valence-corrected chi connectivity index (χ2v) is 8.69. The van der Waals surface area contributed by atoms with Crippen LogP contribution in [0.3, 0.4) is 0 Å². The number of nitrogens with one attached hydrogen (secondary N) is 1. The van der Waals surface area contributed by atoms with Gasteiger partial charge in [-0.3, -0.25) is 9.59 Å². The van der Waals surface area contributed by atoms with Gasteiger partial charge in [0.2, 0.25) is 5.75 Å². The van der Waals surface area contributed by atoms with E-state index in [0.29, 0.717) is 55.4 Å². The van der Waals surface area contributed by atoms with Gasteiger partial charge in [0.15, 0.2) is 11.5 Å². The van der Waals surface area contributed by atoms with Gasteiger partial charge >= 0.3 is 5.97 Å². The van der Waals surface area contributed by atoms with Crippen molar-refractivity contribution >= 4 is 11.9 Å². The highest BCUT2D eigenvalue weighted by Crippen LogP contribution is 2.50. The van der Waals surface area contributed by atoms with Gasteiger partial charge in [-0.1, -0.05) is 6.07 Å². The minimum atomic E-state index is -0.651. The molecule has 2 aromatic rings. The van der Waals surface area contributed by atoms with Gasteiger partial charge in [-0.25, -0.2) is 0 Å². The average Bonchev–Trinajstić information content (AvgIpc) is 3.29. The third kappa shape index (κ3) is 3.99. The quantitative estimate of drug-likeness (QED) is 0.614. The summed E-state index contributed by atoms with van der Waals surface area (Å²) < 4.78 is 28.4. The maximum absolute atomic E-state index is 12.8. The number of benzene rings is 2. The van der Waals surface area contributed by atoms with E-state index in [1.165, 1.54) is 0 Å². The smallest absolute Gasteiger partial charge is 0.315 e. The number of hydrogen-bond acceptors (Lipinski definition) is 7. The number of ether oxygens (including phenoxy) is 5. The Labute approximate surface area is 192 Å². The fourth-order valence-corrected chi connectivity index (χ4v) is 4.32. The normalized spacial score (nSPS) is 20.1. The van der Waals surface area contributed by atoms with E-state index >= 15 is 0 Å². The predicted molar refractivity (Wildman–Crippen MR) is 119 cm³/mol. The zero-order chi connectivity index (χ0) is 23.0. The molecule has 1 saturated carbocycles. The number of hydrogen-bond donors (Lipinski definition) is 1. The minimum Gasteiger partial charge on any atom is -0.493 e. The zero-order valence-corrected chi connectivity index (χ0v) is 18.8. The summed E-state index contributed by atoms with van der Waals surface area (Å²) in [6.45, 7) is 1.74. The van der Waals surface area contributed by atoms with Crippen molar-refractivity contribution in [3.8, 4) is 28.4 Å². The highest BCUT2D eigenvalue weighted by atomic mass is 16.6. The van der Waals surface area contributed by atoms with E-state index < -0.39 is 5.41 Å². The van der Waals surface area contributed by atoms with Crippen molar-refractivity contribution in [3.63, 3.8) is 0 Å². The third-order valence-corrected chi connectivity index (χ3v) is 6.54. The summed E-state index contributed by atoms with van der Waals surface area (Å²) in [5, 5.41) is 2.84. The predicted octanol–water partition coefficient (Wildman–Crippen LogP) is 3.11. The molecule has 2 aromatic carbocycles. The van der Waals surface area contributed by atoms with E-state index in [2.05, 4.69) is 5.32 Å². The van der Waals surface area contributed by atoms with E-state index in [-0.39, 0.29) is 24.6 Å². The van der Waals surface area contributed by atoms with Crippen LogP contribution in [0.5, 0.6) is 17.2 Å². The minimum absolute atomic E-state index is 0.0674. The molecule has 1 saturated heterocycles. The van der Waals surface area contributed by atoms with Crippen molar-refractivity contribution in [3.05, 3.63) is 41.5 Å². The Morgan fingerprint density at radius 3 is 2.64 bits per heavy atom. The van der Waals surface area contributed by atoms with E-state index in [1.807, 2.05) is 30.3 Å². The highest BCUT2D eigenvalue weighted by Gasteiger charge is 2.53. The van der Waals surface area contributed by atoms with Gasteiger partial charge in [-0.2, -0.15) is 0 Å². The Morgan fingerprint density at radius 1 is 1.12 bits per heavy atom. The number of carbonyl (C=O) groups is 2. The maximum atomic E-state index is 12.8. The van der Waals surface area contributed by atoms with Crippen LogP contribution >= 0.6 is 0 Å². The molecule has 2 heterocycles. The number of methoxy groups -OCH3 is 2. The Balaban J connectivity index is 1.43. The molecule has 8 heteroatoms. The Bertz CT molecular complexity index is 1090. The maximum Gasteiger partial charge on any atom is 0.315 e. The third-order valence-electron chi connectivity index (χ3n) is 6.54. The van der Waals surface area contributed by atoms with Crippen LogP contribution in [0.2, 0.25) is 0 Å². The standard InChI is InChI=1S/C25H27NO7/c1-29-20-6-5-18(15-3-4-19-16(11-15)12-26-23(19)27)21(22(20)30-2)32-14-25(8-9-25)24(28)33-17-7-10-31-13-17/h3-6,11,17H,7-10,12-14H2,1-2H3,(H,26,27)/t17-/m1/s1. The van der Waals surface area contributed by atoms with Crippen molar-refractivity contribution in [1.29, 1.82) is 0 Å². The van der Waals surface area contributed by atoms with Crippen LogP contribution in [0.4, 0.5) is 0 Å². The molecule has 1 aliphatic carbocycles. The molecule has 0 radical (unpaired) electrons. The van der Waals surface area contributed by atoms with Crippen molar-refractivity contribution in [2.24, 2.45) is 5.41 Å². The fourth-order valence-electron chi connectivity index (χ4n) is 4.32. The first-order valence-corrected chi connectivity index (χ1v) is 11.1. The summed E-state index contributed by atoms with van der Waals surface area (Å²) in [5.74, 6) is 1.19. The number of fused-ring (bicyclic) bond motifs is 1. The molecule has 5 rings (SSSR count). The highest BCUT2D eigenvalue weighted by molar-refractivity contribution is 5.99. The van der Waals surface area contributed by atoms with Crippen molar-refractivity contribution in [2.45, 2.75) is 31.9 Å². The van der Waals surface area contributed by atoms with E-state index in [0.717, 1.165) is 23.1 Å². The molecule has 8 nitrogen and oxygen atoms in total. The molecule has 2 fully saturated rings. The number of rotatable bonds is 8. The summed E-state index contributed by atoms with van der Waals surface area (Å²) in [4.78, 5) is 24.8. The van der Waals surface area contributed by atoms with Crippen molar-refractivity contribution in [2.75, 3.05) is 34.0 Å². The lowest BCUT2D eigenvalue weighted by Crippen LogP contribution is -2.30. The molecular formula is C25H27NO7. The van der Waals surface area contributed by atoms with Crippen LogP contribution in [0.25, 0.3) is 11.1 Å². The second kappa shape index (κ2) is 8.59. The Hall–Kier alpha value is -3.26. The molecule has 0 unspecified atom stereocenters. The average molecular weight is 453 g/mol. The molecule has 3 aliphatic rings. The van der Waals surface area contributed by atoms with Crippen LogP contribution in [-0.4, -0.2) is 52.0 Å². The Morgan fingerprint density at radius 2 is 1.94 bits per heavy atom. The van der Waals surface area contributed by atoms with Gasteiger partial charge in [0.1, 0.15) is 18.1 Å². The van der Waals surface area contributed by atoms with Crippen LogP contribution < -0.4 is 19.5 Å². The molecule has 0 aromatic heterocycles. The molecule has 174 valence electrons. The van der Waals surface area contributed by atoms with E-state index in [9.17, 15) is 9.59 Å². The van der Waals surface area contributed by atoms with Crippen LogP contribution in [0.15, 0.2) is 30.3 Å². The summed E-state index contributed by atoms with van der Waals surface area (Å²) in [7, 11) is 3.12. The zero-order valence-electron chi connectivity index (χ0n) is 18.8. The summed E-state index contributed by atoms with van der Waals surface area (Å²) in [5.41, 5.74) is 2.64. The number of esters is 1. The largest absolute Gasteiger partial charge is 0.493 e. The fraction of sp³-hybridized carbons (Fsp3) is 0.440. The van der Waals surface area contributed by atoms with Gasteiger partial charge in [-0.15, -0.1) is 0 Å². The van der Waals surface area contributed by atoms with E-state index in [4.69, 9.17) is 23.7 Å². The lowest BCUT2D eigenvalue weighted by molar-refractivity contribution is -0.157. The van der Waals surface area contributed by atoms with Gasteiger partial charge in [0, 0.05) is 24.1 Å². The van der Waals surface area contributed by atoms with Crippen LogP contribution in [0, 0.1) is 5.41 Å². The molecular weight excluding hydrogens is 426 g/mol. The molecule has 2 aliphatic heterocycles. The van der Waals surface area contributed by atoms with Crippen molar-refractivity contribution in [1.82, 2.24) is 5.32 Å². The summed E-state index contributed by atoms with van der Waals surface area (Å²) in [6.07, 6.45) is 1.98. The van der Waals surface area contributed by atoms with Crippen LogP contribution in [0.1, 0.15) is 35.2 Å². The van der Waals surface area contributed by atoms with Crippen molar-refractivity contribution < 1.29 is 33.3 Å². The molecule has 0 bridgehead atoms. The van der Waals surface area contributed by atoms with Gasteiger partial charge < -0.3 is 29.0 Å². The van der Waals surface area contributed by atoms with Gasteiger partial charge in [0.25, 0.3) is 5.91 Å². The SMILES string of the molecule is COc1ccc(-c2ccc3c(c2)CNC3=O)c(OCC2(C(=O)O[C@@H]3CCOC3)CC2)c1OC. The second-order valence-electron chi connectivity index (χ2n) is 8.69. The molecule has 33 heavy (non-hydrogen) atoms. The first-order valence-electron chi connectivity index (χ1n) is 11.1. The monoisotopic (exact) mass is 453 g/mol. The summed E-state index contributed by atoms with van der Waals surface area (Å²) in [6, 6.07) is 9.40. The first-order chi connectivity index (χ1) is 16.0. The summed E-state index contributed by atoms with van der Waals surface area (Å²) >= 11 is 0. The Kier molecular flexibility index (Phi) is 5.62. The van der Waals surface area contributed by atoms with Gasteiger partial charge in [0.05, 0.1) is 27.4 Å². The van der Waals surface area contributed by atoms with E-state index in [1.54, 1.807) is 14.2 Å². The number of amides is 1. The first kappa shape index (κ1) is 21.6. The lowest BCUT2D eigenvalue weighted by atomic mass is 9.99. The molecule has 0 spiro atoms. The molecule has 1 atom stereocenters.